The highest BCUT2D eigenvalue weighted by atomic mass is 19.4. The van der Waals surface area contributed by atoms with E-state index >= 15 is 0 Å². The minimum absolute atomic E-state index is 0.0689. The molecule has 6 aromatic heterocycles. The van der Waals surface area contributed by atoms with Crippen molar-refractivity contribution in [1.29, 1.82) is 5.26 Å². The minimum atomic E-state index is -4.58. The summed E-state index contributed by atoms with van der Waals surface area (Å²) >= 11 is 0. The number of morpholine rings is 3. The summed E-state index contributed by atoms with van der Waals surface area (Å²) in [5.41, 5.74) is 21.2. The van der Waals surface area contributed by atoms with Crippen LogP contribution in [0.2, 0.25) is 0 Å². The summed E-state index contributed by atoms with van der Waals surface area (Å²) in [6, 6.07) is 31.4. The highest BCUT2D eigenvalue weighted by Crippen LogP contribution is 2.35. The Kier molecular flexibility index (Phi) is 18.8. The Labute approximate surface area is 503 Å². The molecule has 0 atom stereocenters. The number of nitrogen functional groups attached to an aromatic ring is 3. The number of halogens is 6. The molecule has 3 fully saturated rings. The third-order valence-corrected chi connectivity index (χ3v) is 13.6. The maximum atomic E-state index is 13.0. The number of anilines is 12. The summed E-state index contributed by atoms with van der Waals surface area (Å²) in [7, 11) is 3.15. The van der Waals surface area contributed by atoms with Crippen LogP contribution in [0.4, 0.5) is 96.2 Å². The van der Waals surface area contributed by atoms with E-state index in [0.717, 1.165) is 89.2 Å². The van der Waals surface area contributed by atoms with Gasteiger partial charge in [-0.2, -0.15) is 60.6 Å². The third kappa shape index (κ3) is 15.3. The van der Waals surface area contributed by atoms with Crippen molar-refractivity contribution in [2.45, 2.75) is 12.4 Å². The average Bonchev–Trinajstić information content (AvgIpc) is 4.32. The molecule has 0 amide bonds. The molecule has 89 heavy (non-hydrogen) atoms. The number of nitriles is 1. The van der Waals surface area contributed by atoms with E-state index in [1.807, 2.05) is 66.7 Å². The highest BCUT2D eigenvalue weighted by molar-refractivity contribution is 5.70. The predicted molar refractivity (Wildman–Crippen MR) is 317 cm³/mol. The van der Waals surface area contributed by atoms with Crippen LogP contribution in [0.1, 0.15) is 17.0 Å². The average molecular weight is 1230 g/mol. The van der Waals surface area contributed by atoms with Crippen LogP contribution in [0.25, 0.3) is 17.5 Å². The zero-order chi connectivity index (χ0) is 62.7. The molecule has 3 aliphatic heterocycles. The van der Waals surface area contributed by atoms with E-state index in [4.69, 9.17) is 46.1 Å². The second-order valence-corrected chi connectivity index (χ2v) is 19.4. The van der Waals surface area contributed by atoms with Gasteiger partial charge in [0, 0.05) is 80.3 Å². The number of hydrogen-bond acceptors (Lipinski definition) is 24. The van der Waals surface area contributed by atoms with Crippen molar-refractivity contribution < 1.29 is 50.0 Å². The number of hydrogen-bond donors (Lipinski definition) is 6. The van der Waals surface area contributed by atoms with E-state index < -0.39 is 23.7 Å². The predicted octanol–water partition coefficient (Wildman–Crippen LogP) is 7.40. The molecule has 33 heteroatoms. The molecule has 0 aliphatic carbocycles. The summed E-state index contributed by atoms with van der Waals surface area (Å²) in [6.45, 7) is 9.06. The number of aromatic nitrogens is 12. The van der Waals surface area contributed by atoms with Gasteiger partial charge in [-0.3, -0.25) is 0 Å². The van der Waals surface area contributed by atoms with Gasteiger partial charge in [0.15, 0.2) is 17.5 Å². The molecule has 0 saturated carbocycles. The van der Waals surface area contributed by atoms with E-state index in [0.29, 0.717) is 74.2 Å². The number of pyridine rings is 3. The molecule has 0 bridgehead atoms. The molecule has 12 rings (SSSR count). The van der Waals surface area contributed by atoms with Gasteiger partial charge in [-0.1, -0.05) is 12.1 Å². The van der Waals surface area contributed by atoms with E-state index in [2.05, 4.69) is 75.9 Å². The molecule has 9 aromatic rings. The SMILES string of the molecule is COc1cc(N2CCOCC2)ccc1Nc1nc(N)n(-c2ccc(C#N)cn2)n1.COc1cc(N2CCOCC2)ccc1Nc1nc(N)n(-c2cccc(C(F)(F)F)n2)n1.Nc1nc(Nc2ccc(N3CCOCC3)cc2)nn1-c1cccc(C(F)(F)F)n1. The number of rotatable bonds is 14. The van der Waals surface area contributed by atoms with Gasteiger partial charge in [0.2, 0.25) is 35.7 Å². The van der Waals surface area contributed by atoms with Crippen molar-refractivity contribution >= 4 is 69.8 Å². The molecule has 9 N–H and O–H groups in total. The van der Waals surface area contributed by atoms with Crippen molar-refractivity contribution in [3.8, 4) is 35.0 Å². The van der Waals surface area contributed by atoms with Crippen molar-refractivity contribution in [3.63, 3.8) is 0 Å². The zero-order valence-corrected chi connectivity index (χ0v) is 47.7. The molecule has 3 aromatic carbocycles. The van der Waals surface area contributed by atoms with Gasteiger partial charge in [0.05, 0.1) is 70.8 Å². The first-order valence-electron chi connectivity index (χ1n) is 27.3. The summed E-state index contributed by atoms with van der Waals surface area (Å²) in [6.07, 6.45) is -7.69. The van der Waals surface area contributed by atoms with Crippen LogP contribution in [-0.2, 0) is 26.6 Å². The maximum absolute atomic E-state index is 13.0. The van der Waals surface area contributed by atoms with E-state index in [1.165, 1.54) is 42.3 Å². The van der Waals surface area contributed by atoms with Gasteiger partial charge < -0.3 is 71.5 Å². The lowest BCUT2D eigenvalue weighted by Crippen LogP contribution is -2.36. The molecule has 9 heterocycles. The molecule has 0 radical (unpaired) electrons. The van der Waals surface area contributed by atoms with Crippen molar-refractivity contribution in [2.24, 2.45) is 0 Å². The van der Waals surface area contributed by atoms with Crippen molar-refractivity contribution in [2.75, 3.05) is 141 Å². The first-order chi connectivity index (χ1) is 42.9. The smallest absolute Gasteiger partial charge is 0.433 e. The Hall–Kier alpha value is -10.7. The summed E-state index contributed by atoms with van der Waals surface area (Å²) in [5, 5.41) is 30.6. The largest absolute Gasteiger partial charge is 0.494 e. The van der Waals surface area contributed by atoms with Crippen molar-refractivity contribution in [1.82, 2.24) is 59.2 Å². The first-order valence-corrected chi connectivity index (χ1v) is 27.3. The van der Waals surface area contributed by atoms with E-state index in [-0.39, 0.29) is 41.4 Å². The van der Waals surface area contributed by atoms with Gasteiger partial charge in [-0.05, 0) is 84.9 Å². The van der Waals surface area contributed by atoms with Gasteiger partial charge in [0.1, 0.15) is 29.0 Å². The van der Waals surface area contributed by atoms with Gasteiger partial charge in [-0.15, -0.1) is 15.3 Å². The fraction of sp³-hybridized carbons (Fsp3) is 0.286. The van der Waals surface area contributed by atoms with Crippen LogP contribution in [0.5, 0.6) is 11.5 Å². The number of methoxy groups -OCH3 is 2. The van der Waals surface area contributed by atoms with Crippen molar-refractivity contribution in [3.05, 3.63) is 132 Å². The molecule has 27 nitrogen and oxygen atoms in total. The lowest BCUT2D eigenvalue weighted by molar-refractivity contribution is -0.141. The van der Waals surface area contributed by atoms with Gasteiger partial charge >= 0.3 is 12.4 Å². The summed E-state index contributed by atoms with van der Waals surface area (Å²) in [4.78, 5) is 30.4. The molecule has 3 saturated heterocycles. The van der Waals surface area contributed by atoms with E-state index in [9.17, 15) is 26.3 Å². The summed E-state index contributed by atoms with van der Waals surface area (Å²) in [5.74, 6) is 2.06. The molecule has 3 aliphatic rings. The van der Waals surface area contributed by atoms with Gasteiger partial charge in [0.25, 0.3) is 0 Å². The summed E-state index contributed by atoms with van der Waals surface area (Å²) < 4.78 is 108. The molecular formula is C56H58F6N22O5. The Bertz CT molecular complexity index is 3880. The topological polar surface area (TPSA) is 325 Å². The second kappa shape index (κ2) is 27.3. The monoisotopic (exact) mass is 1230 g/mol. The molecule has 0 spiro atoms. The Morgan fingerprint density at radius 2 is 0.876 bits per heavy atom. The third-order valence-electron chi connectivity index (χ3n) is 13.6. The number of ether oxygens (including phenoxy) is 5. The standard InChI is InChI=1S/C19H20F3N7O2.C19H20N8O2.C18H18F3N7O/c1-30-14-11-12(28-7-9-31-10-8-28)5-6-13(14)24-18-26-17(23)29(27-18)16-4-2-3-15(25-16)19(20,21)22;1-28-16-10-14(26-6-8-29-9-7-26)3-4-15(16)23-19-24-18(21)27(25-19)17-5-2-13(11-20)12-22-17;19-18(20,21)14-2-1-3-15(24-14)28-16(22)25-17(26-28)23-12-4-6-13(7-5-12)27-8-10-29-11-9-27/h2-6,11H,7-10H2,1H3,(H3,23,24,26,27);2-5,10,12H,6-9H2,1H3,(H3,21,23,24,25);1-7H,8-11H2,(H3,22,23,25,26). The zero-order valence-electron chi connectivity index (χ0n) is 47.7. The number of nitrogens with zero attached hydrogens (tertiary/aromatic N) is 16. The molecule has 0 unspecified atom stereocenters. The Morgan fingerprint density at radius 3 is 1.26 bits per heavy atom. The fourth-order valence-corrected chi connectivity index (χ4v) is 9.16. The lowest BCUT2D eigenvalue weighted by atomic mass is 10.2. The number of alkyl halides is 6. The van der Waals surface area contributed by atoms with Crippen LogP contribution in [-0.4, -0.2) is 152 Å². The Morgan fingerprint density at radius 1 is 0.483 bits per heavy atom. The normalized spacial score (nSPS) is 14.3. The molecular weight excluding hydrogens is 1170 g/mol. The molecule has 464 valence electrons. The highest BCUT2D eigenvalue weighted by Gasteiger charge is 2.34. The maximum Gasteiger partial charge on any atom is 0.433 e. The number of nitrogens with two attached hydrogens (primary N) is 3. The quantitative estimate of drug-likeness (QED) is 0.0577. The number of benzene rings is 3. The minimum Gasteiger partial charge on any atom is -0.494 e. The number of nitrogens with one attached hydrogen (secondary N) is 3. The van der Waals surface area contributed by atoms with Crippen LogP contribution >= 0.6 is 0 Å². The van der Waals surface area contributed by atoms with E-state index in [1.54, 1.807) is 19.2 Å². The second-order valence-electron chi connectivity index (χ2n) is 19.4. The van der Waals surface area contributed by atoms with Crippen LogP contribution in [0.3, 0.4) is 0 Å². The van der Waals surface area contributed by atoms with Crippen LogP contribution in [0, 0.1) is 11.3 Å². The Balaban J connectivity index is 0.000000147. The fourth-order valence-electron chi connectivity index (χ4n) is 9.16. The first kappa shape index (κ1) is 61.4. The van der Waals surface area contributed by atoms with Gasteiger partial charge in [-0.25, -0.2) is 15.0 Å². The lowest BCUT2D eigenvalue weighted by Gasteiger charge is -2.29. The van der Waals surface area contributed by atoms with Crippen LogP contribution < -0.4 is 57.3 Å². The van der Waals surface area contributed by atoms with Crippen LogP contribution in [0.15, 0.2) is 115 Å².